The molecular formula is C9H15N3O3S. The quantitative estimate of drug-likeness (QED) is 0.395. The zero-order valence-corrected chi connectivity index (χ0v) is 9.55. The summed E-state index contributed by atoms with van der Waals surface area (Å²) in [5.74, 6) is -2.40. The molecule has 5 N–H and O–H groups in total. The number of nitrogens with one attached hydrogen (secondary N) is 2. The molecule has 0 saturated heterocycles. The fraction of sp³-hybridized carbons (Fsp3) is 0.667. The second-order valence-electron chi connectivity index (χ2n) is 3.81. The number of nitrogens with two attached hydrogens (primary N) is 1. The van der Waals surface area contributed by atoms with Crippen molar-refractivity contribution in [3.8, 4) is 0 Å². The van der Waals surface area contributed by atoms with Crippen molar-refractivity contribution in [3.05, 3.63) is 0 Å². The molecule has 1 saturated carbocycles. The van der Waals surface area contributed by atoms with Crippen LogP contribution in [0.25, 0.3) is 0 Å². The number of aliphatic carboxylic acids is 1. The SMILES string of the molecule is NC(=S)NNC(=O)[C@H]1CCCC[C@@H]1C(=O)O. The minimum Gasteiger partial charge on any atom is -0.481 e. The first-order valence-corrected chi connectivity index (χ1v) is 5.51. The van der Waals surface area contributed by atoms with Crippen LogP contribution in [0, 0.1) is 11.8 Å². The van der Waals surface area contributed by atoms with Gasteiger partial charge in [0.1, 0.15) is 0 Å². The van der Waals surface area contributed by atoms with Gasteiger partial charge in [-0.25, -0.2) is 0 Å². The van der Waals surface area contributed by atoms with E-state index < -0.39 is 17.8 Å². The third-order valence-electron chi connectivity index (χ3n) is 2.73. The molecule has 16 heavy (non-hydrogen) atoms. The van der Waals surface area contributed by atoms with Crippen LogP contribution in [0.5, 0.6) is 0 Å². The van der Waals surface area contributed by atoms with Gasteiger partial charge in [-0.2, -0.15) is 0 Å². The van der Waals surface area contributed by atoms with Gasteiger partial charge >= 0.3 is 5.97 Å². The average molecular weight is 245 g/mol. The number of hydrazine groups is 1. The van der Waals surface area contributed by atoms with E-state index in [0.29, 0.717) is 12.8 Å². The normalized spacial score (nSPS) is 24.5. The van der Waals surface area contributed by atoms with E-state index in [2.05, 4.69) is 23.1 Å². The van der Waals surface area contributed by atoms with E-state index in [9.17, 15) is 9.59 Å². The molecule has 2 atom stereocenters. The molecule has 0 unspecified atom stereocenters. The summed E-state index contributed by atoms with van der Waals surface area (Å²) in [6.07, 6.45) is 2.85. The fourth-order valence-electron chi connectivity index (χ4n) is 1.96. The van der Waals surface area contributed by atoms with Crippen molar-refractivity contribution >= 4 is 29.2 Å². The number of amides is 1. The number of rotatable bonds is 2. The predicted molar refractivity (Wildman–Crippen MR) is 61.1 cm³/mol. The molecule has 1 fully saturated rings. The van der Waals surface area contributed by atoms with Crippen LogP contribution in [0.15, 0.2) is 0 Å². The molecule has 0 radical (unpaired) electrons. The molecule has 0 bridgehead atoms. The molecule has 6 nitrogen and oxygen atoms in total. The van der Waals surface area contributed by atoms with Crippen LogP contribution in [0.3, 0.4) is 0 Å². The third kappa shape index (κ3) is 3.34. The molecule has 0 heterocycles. The molecule has 0 spiro atoms. The van der Waals surface area contributed by atoms with Crippen molar-refractivity contribution in [2.75, 3.05) is 0 Å². The number of carbonyl (C=O) groups is 2. The maximum Gasteiger partial charge on any atom is 0.307 e. The van der Waals surface area contributed by atoms with Crippen LogP contribution in [-0.4, -0.2) is 22.1 Å². The Hall–Kier alpha value is -1.37. The van der Waals surface area contributed by atoms with E-state index in [1.165, 1.54) is 0 Å². The largest absolute Gasteiger partial charge is 0.481 e. The van der Waals surface area contributed by atoms with E-state index >= 15 is 0 Å². The smallest absolute Gasteiger partial charge is 0.307 e. The summed E-state index contributed by atoms with van der Waals surface area (Å²) in [6, 6.07) is 0. The van der Waals surface area contributed by atoms with Crippen molar-refractivity contribution in [1.82, 2.24) is 10.9 Å². The average Bonchev–Trinajstić information content (AvgIpc) is 2.25. The van der Waals surface area contributed by atoms with Crippen molar-refractivity contribution in [3.63, 3.8) is 0 Å². The lowest BCUT2D eigenvalue weighted by Gasteiger charge is -2.27. The number of carboxylic acids is 1. The minimum atomic E-state index is -0.921. The summed E-state index contributed by atoms with van der Waals surface area (Å²) in [5, 5.41) is 8.94. The van der Waals surface area contributed by atoms with E-state index in [1.807, 2.05) is 0 Å². The standard InChI is InChI=1S/C9H15N3O3S/c10-9(16)12-11-7(13)5-3-1-2-4-6(5)8(14)15/h5-6H,1-4H2,(H,11,13)(H,14,15)(H3,10,12,16)/t5-,6-/m0/s1. The zero-order valence-electron chi connectivity index (χ0n) is 8.73. The second-order valence-corrected chi connectivity index (χ2v) is 4.25. The van der Waals surface area contributed by atoms with Crippen molar-refractivity contribution in [1.29, 1.82) is 0 Å². The van der Waals surface area contributed by atoms with Crippen molar-refractivity contribution in [2.24, 2.45) is 17.6 Å². The van der Waals surface area contributed by atoms with Crippen LogP contribution in [0.1, 0.15) is 25.7 Å². The van der Waals surface area contributed by atoms with E-state index in [-0.39, 0.29) is 11.0 Å². The van der Waals surface area contributed by atoms with Crippen LogP contribution < -0.4 is 16.6 Å². The molecule has 90 valence electrons. The number of carbonyl (C=O) groups excluding carboxylic acids is 1. The first kappa shape index (κ1) is 12.7. The van der Waals surface area contributed by atoms with Crippen LogP contribution in [-0.2, 0) is 9.59 Å². The van der Waals surface area contributed by atoms with Crippen LogP contribution in [0.4, 0.5) is 0 Å². The molecular weight excluding hydrogens is 230 g/mol. The lowest BCUT2D eigenvalue weighted by atomic mass is 9.79. The molecule has 1 aliphatic rings. The Morgan fingerprint density at radius 1 is 1.19 bits per heavy atom. The summed E-state index contributed by atoms with van der Waals surface area (Å²) in [5.41, 5.74) is 9.79. The summed E-state index contributed by atoms with van der Waals surface area (Å²) >= 11 is 4.53. The molecule has 0 aromatic rings. The van der Waals surface area contributed by atoms with Gasteiger partial charge in [-0.15, -0.1) is 0 Å². The Balaban J connectivity index is 2.57. The van der Waals surface area contributed by atoms with Gasteiger partial charge in [0.25, 0.3) is 0 Å². The number of thiocarbonyl (C=S) groups is 1. The lowest BCUT2D eigenvalue weighted by molar-refractivity contribution is -0.149. The maximum atomic E-state index is 11.7. The fourth-order valence-corrected chi connectivity index (χ4v) is 2.01. The van der Waals surface area contributed by atoms with Gasteiger partial charge in [-0.1, -0.05) is 12.8 Å². The Morgan fingerprint density at radius 2 is 1.75 bits per heavy atom. The number of hydrogen-bond donors (Lipinski definition) is 4. The van der Waals surface area contributed by atoms with Crippen LogP contribution >= 0.6 is 12.2 Å². The lowest BCUT2D eigenvalue weighted by Crippen LogP contribution is -2.49. The highest BCUT2D eigenvalue weighted by atomic mass is 32.1. The molecule has 0 aromatic heterocycles. The molecule has 7 heteroatoms. The summed E-state index contributed by atoms with van der Waals surface area (Å²) < 4.78 is 0. The molecule has 1 aliphatic carbocycles. The molecule has 1 rings (SSSR count). The molecule has 0 aromatic carbocycles. The van der Waals surface area contributed by atoms with Gasteiger partial charge in [-0.3, -0.25) is 20.4 Å². The maximum absolute atomic E-state index is 11.7. The van der Waals surface area contributed by atoms with E-state index in [1.54, 1.807) is 0 Å². The Morgan fingerprint density at radius 3 is 2.25 bits per heavy atom. The highest BCUT2D eigenvalue weighted by molar-refractivity contribution is 7.80. The Labute approximate surface area is 98.5 Å². The van der Waals surface area contributed by atoms with Gasteiger partial charge < -0.3 is 10.8 Å². The Bertz CT molecular complexity index is 308. The first-order chi connectivity index (χ1) is 7.52. The van der Waals surface area contributed by atoms with Gasteiger partial charge in [0, 0.05) is 0 Å². The van der Waals surface area contributed by atoms with Gasteiger partial charge in [0.05, 0.1) is 11.8 Å². The number of hydrogen-bond acceptors (Lipinski definition) is 3. The zero-order chi connectivity index (χ0) is 12.1. The molecule has 1 amide bonds. The van der Waals surface area contributed by atoms with Crippen molar-refractivity contribution in [2.45, 2.75) is 25.7 Å². The topological polar surface area (TPSA) is 104 Å². The van der Waals surface area contributed by atoms with E-state index in [0.717, 1.165) is 12.8 Å². The van der Waals surface area contributed by atoms with Gasteiger partial charge in [0.2, 0.25) is 5.91 Å². The van der Waals surface area contributed by atoms with Gasteiger partial charge in [-0.05, 0) is 25.1 Å². The summed E-state index contributed by atoms with van der Waals surface area (Å²) in [6.45, 7) is 0. The third-order valence-corrected chi connectivity index (χ3v) is 2.83. The molecule has 0 aliphatic heterocycles. The Kier molecular flexibility index (Phi) is 4.48. The number of carboxylic acid groups (broad SMARTS) is 1. The van der Waals surface area contributed by atoms with E-state index in [4.69, 9.17) is 10.8 Å². The van der Waals surface area contributed by atoms with Gasteiger partial charge in [0.15, 0.2) is 5.11 Å². The highest BCUT2D eigenvalue weighted by Gasteiger charge is 2.35. The first-order valence-electron chi connectivity index (χ1n) is 5.10. The summed E-state index contributed by atoms with van der Waals surface area (Å²) in [7, 11) is 0. The summed E-state index contributed by atoms with van der Waals surface area (Å²) in [4.78, 5) is 22.6. The highest BCUT2D eigenvalue weighted by Crippen LogP contribution is 2.30. The monoisotopic (exact) mass is 245 g/mol. The second kappa shape index (κ2) is 5.64. The minimum absolute atomic E-state index is 0.0453. The van der Waals surface area contributed by atoms with Crippen LogP contribution in [0.2, 0.25) is 0 Å². The predicted octanol–water partition coefficient (Wildman–Crippen LogP) is -0.258. The van der Waals surface area contributed by atoms with Crippen molar-refractivity contribution < 1.29 is 14.7 Å².